The highest BCUT2D eigenvalue weighted by Crippen LogP contribution is 2.36. The number of amides is 1. The molecule has 0 aromatic heterocycles. The first kappa shape index (κ1) is 22.0. The Labute approximate surface area is 173 Å². The number of hydrazone groups is 1. The van der Waals surface area contributed by atoms with Gasteiger partial charge in [-0.2, -0.15) is 5.10 Å². The summed E-state index contributed by atoms with van der Waals surface area (Å²) >= 11 is 6.30. The molecule has 0 saturated heterocycles. The van der Waals surface area contributed by atoms with E-state index in [0.29, 0.717) is 23.6 Å². The summed E-state index contributed by atoms with van der Waals surface area (Å²) in [5, 5.41) is 15.1. The van der Waals surface area contributed by atoms with Crippen LogP contribution in [0.25, 0.3) is 0 Å². The quantitative estimate of drug-likeness (QED) is 0.493. The number of carboxylic acid groups (broad SMARTS) is 1. The van der Waals surface area contributed by atoms with Gasteiger partial charge in [-0.25, -0.2) is 0 Å². The zero-order valence-electron chi connectivity index (χ0n) is 16.3. The minimum Gasteiger partial charge on any atom is -0.545 e. The van der Waals surface area contributed by atoms with E-state index in [2.05, 4.69) is 10.5 Å². The Bertz CT molecular complexity index is 898. The topological polar surface area (TPSA) is 103 Å². The zero-order valence-corrected chi connectivity index (χ0v) is 17.0. The van der Waals surface area contributed by atoms with Gasteiger partial charge in [-0.15, -0.1) is 0 Å². The van der Waals surface area contributed by atoms with Crippen LogP contribution in [0.3, 0.4) is 0 Å². The molecule has 2 rings (SSSR count). The first-order valence-electron chi connectivity index (χ1n) is 8.71. The minimum atomic E-state index is -1.24. The first-order valence-corrected chi connectivity index (χ1v) is 9.09. The molecule has 0 radical (unpaired) electrons. The van der Waals surface area contributed by atoms with Gasteiger partial charge in [0.05, 0.1) is 29.5 Å². The van der Waals surface area contributed by atoms with Crippen LogP contribution < -0.4 is 20.0 Å². The summed E-state index contributed by atoms with van der Waals surface area (Å²) in [5.74, 6) is -0.770. The maximum absolute atomic E-state index is 11.7. The highest BCUT2D eigenvalue weighted by molar-refractivity contribution is 6.32. The summed E-state index contributed by atoms with van der Waals surface area (Å²) < 4.78 is 11.1. The predicted molar refractivity (Wildman–Crippen MR) is 109 cm³/mol. The number of nitrogens with zero attached hydrogens (tertiary/aromatic N) is 2. The van der Waals surface area contributed by atoms with Crippen LogP contribution in [0.2, 0.25) is 5.02 Å². The lowest BCUT2D eigenvalue weighted by molar-refractivity contribution is -0.255. The van der Waals surface area contributed by atoms with Gasteiger partial charge in [-0.3, -0.25) is 10.2 Å². The summed E-state index contributed by atoms with van der Waals surface area (Å²) in [7, 11) is 3.27. The number of anilines is 1. The van der Waals surface area contributed by atoms with Crippen molar-refractivity contribution in [2.24, 2.45) is 5.10 Å². The maximum atomic E-state index is 11.7. The molecular formula is C20H21ClN3O5-. The van der Waals surface area contributed by atoms with Gasteiger partial charge in [0.2, 0.25) is 0 Å². The Morgan fingerprint density at radius 3 is 2.48 bits per heavy atom. The summed E-state index contributed by atoms with van der Waals surface area (Å²) in [6.45, 7) is 2.04. The third-order valence-corrected chi connectivity index (χ3v) is 3.98. The van der Waals surface area contributed by atoms with Crippen molar-refractivity contribution >= 4 is 35.4 Å². The lowest BCUT2D eigenvalue weighted by Crippen LogP contribution is -2.27. The monoisotopic (exact) mass is 418 g/mol. The zero-order chi connectivity index (χ0) is 21.4. The van der Waals surface area contributed by atoms with E-state index >= 15 is 0 Å². The lowest BCUT2D eigenvalue weighted by atomic mass is 10.2. The largest absolute Gasteiger partial charge is 0.545 e. The Morgan fingerprint density at radius 1 is 1.21 bits per heavy atom. The number of carbonyl (C=O) groups is 2. The average Bonchev–Trinajstić information content (AvgIpc) is 2.67. The van der Waals surface area contributed by atoms with Crippen LogP contribution in [0, 0.1) is 0 Å². The third-order valence-electron chi connectivity index (χ3n) is 3.70. The number of aromatic carboxylic acids is 1. The van der Waals surface area contributed by atoms with Gasteiger partial charge >= 0.3 is 0 Å². The van der Waals surface area contributed by atoms with Crippen molar-refractivity contribution in [1.29, 1.82) is 0 Å². The van der Waals surface area contributed by atoms with Crippen LogP contribution in [-0.4, -0.2) is 50.3 Å². The van der Waals surface area contributed by atoms with Gasteiger partial charge in [0, 0.05) is 14.1 Å². The standard InChI is InChI=1S/C20H22ClN3O5/c1-4-28-17-10-13(9-16(21)19(17)29-12-18(25)24(2)3)11-22-23-15-7-5-14(6-8-15)20(26)27/h5-11,23H,4,12H2,1-3H3,(H,26,27)/p-1/b22-11-. The normalized spacial score (nSPS) is 10.6. The number of halogens is 1. The molecule has 0 heterocycles. The van der Waals surface area contributed by atoms with E-state index in [9.17, 15) is 14.7 Å². The smallest absolute Gasteiger partial charge is 0.259 e. The molecule has 0 fully saturated rings. The summed E-state index contributed by atoms with van der Waals surface area (Å²) in [5.41, 5.74) is 4.11. The molecule has 8 nitrogen and oxygen atoms in total. The van der Waals surface area contributed by atoms with Gasteiger partial charge in [0.1, 0.15) is 0 Å². The molecule has 2 aromatic rings. The van der Waals surface area contributed by atoms with Gasteiger partial charge < -0.3 is 24.3 Å². The second kappa shape index (κ2) is 10.3. The fraction of sp³-hybridized carbons (Fsp3) is 0.250. The molecule has 2 aromatic carbocycles. The van der Waals surface area contributed by atoms with Crippen molar-refractivity contribution in [1.82, 2.24) is 4.90 Å². The molecule has 0 bridgehead atoms. The molecule has 154 valence electrons. The molecule has 9 heteroatoms. The fourth-order valence-electron chi connectivity index (χ4n) is 2.19. The van der Waals surface area contributed by atoms with Gasteiger partial charge in [0.15, 0.2) is 18.1 Å². The van der Waals surface area contributed by atoms with E-state index in [0.717, 1.165) is 0 Å². The van der Waals surface area contributed by atoms with Crippen molar-refractivity contribution in [2.45, 2.75) is 6.92 Å². The molecule has 0 atom stereocenters. The van der Waals surface area contributed by atoms with E-state index in [-0.39, 0.29) is 28.8 Å². The van der Waals surface area contributed by atoms with Crippen LogP contribution in [-0.2, 0) is 4.79 Å². The first-order chi connectivity index (χ1) is 13.8. The van der Waals surface area contributed by atoms with Gasteiger partial charge in [-0.1, -0.05) is 23.7 Å². The molecule has 0 spiro atoms. The number of hydrogen-bond donors (Lipinski definition) is 1. The summed E-state index contributed by atoms with van der Waals surface area (Å²) in [4.78, 5) is 23.9. The Morgan fingerprint density at radius 2 is 1.90 bits per heavy atom. The van der Waals surface area contributed by atoms with E-state index in [1.54, 1.807) is 38.4 Å². The summed E-state index contributed by atoms with van der Waals surface area (Å²) in [6.07, 6.45) is 1.52. The second-order valence-corrected chi connectivity index (χ2v) is 6.48. The van der Waals surface area contributed by atoms with Crippen LogP contribution in [0.1, 0.15) is 22.8 Å². The second-order valence-electron chi connectivity index (χ2n) is 6.07. The number of rotatable bonds is 9. The number of benzene rings is 2. The Kier molecular flexibility index (Phi) is 7.85. The van der Waals surface area contributed by atoms with Crippen LogP contribution in [0.15, 0.2) is 41.5 Å². The van der Waals surface area contributed by atoms with Crippen molar-refractivity contribution in [2.75, 3.05) is 32.7 Å². The minimum absolute atomic E-state index is 0.0796. The molecule has 0 saturated carbocycles. The summed E-state index contributed by atoms with van der Waals surface area (Å²) in [6, 6.07) is 9.29. The molecular weight excluding hydrogens is 398 g/mol. The van der Waals surface area contributed by atoms with Crippen molar-refractivity contribution in [3.8, 4) is 11.5 Å². The number of ether oxygens (including phenoxy) is 2. The molecule has 0 aliphatic carbocycles. The molecule has 0 unspecified atom stereocenters. The fourth-order valence-corrected chi connectivity index (χ4v) is 2.46. The Balaban J connectivity index is 2.13. The maximum Gasteiger partial charge on any atom is 0.259 e. The number of nitrogens with one attached hydrogen (secondary N) is 1. The van der Waals surface area contributed by atoms with Crippen molar-refractivity contribution < 1.29 is 24.2 Å². The average molecular weight is 419 g/mol. The molecule has 1 amide bonds. The van der Waals surface area contributed by atoms with E-state index < -0.39 is 5.97 Å². The van der Waals surface area contributed by atoms with E-state index in [4.69, 9.17) is 21.1 Å². The van der Waals surface area contributed by atoms with Crippen LogP contribution in [0.5, 0.6) is 11.5 Å². The van der Waals surface area contributed by atoms with E-state index in [1.807, 2.05) is 6.92 Å². The number of carbonyl (C=O) groups excluding carboxylic acids is 2. The highest BCUT2D eigenvalue weighted by Gasteiger charge is 2.14. The molecule has 1 N–H and O–H groups in total. The van der Waals surface area contributed by atoms with Gasteiger partial charge in [0.25, 0.3) is 5.91 Å². The van der Waals surface area contributed by atoms with Crippen molar-refractivity contribution in [3.05, 3.63) is 52.5 Å². The highest BCUT2D eigenvalue weighted by atomic mass is 35.5. The predicted octanol–water partition coefficient (Wildman–Crippen LogP) is 2.02. The van der Waals surface area contributed by atoms with Gasteiger partial charge in [-0.05, 0) is 42.3 Å². The SMILES string of the molecule is CCOc1cc(/C=N\Nc2ccc(C(=O)[O-])cc2)cc(Cl)c1OCC(=O)N(C)C. The van der Waals surface area contributed by atoms with Crippen molar-refractivity contribution in [3.63, 3.8) is 0 Å². The van der Waals surface area contributed by atoms with E-state index in [1.165, 1.54) is 23.2 Å². The molecule has 0 aliphatic heterocycles. The Hall–Kier alpha value is -3.26. The van der Waals surface area contributed by atoms with Crippen LogP contribution in [0.4, 0.5) is 5.69 Å². The lowest BCUT2D eigenvalue weighted by Gasteiger charge is -2.16. The molecule has 29 heavy (non-hydrogen) atoms. The number of likely N-dealkylation sites (N-methyl/N-ethyl adjacent to an activating group) is 1. The number of hydrogen-bond acceptors (Lipinski definition) is 7. The number of carboxylic acids is 1. The third kappa shape index (κ3) is 6.39. The van der Waals surface area contributed by atoms with Crippen LogP contribution >= 0.6 is 11.6 Å². The molecule has 0 aliphatic rings.